The second-order valence-electron chi connectivity index (χ2n) is 4.29. The highest BCUT2D eigenvalue weighted by Crippen LogP contribution is 2.23. The van der Waals surface area contributed by atoms with Gasteiger partial charge in [-0.2, -0.15) is 0 Å². The second-order valence-corrected chi connectivity index (χ2v) is 5.30. The third kappa shape index (κ3) is 4.27. The number of thiazole rings is 1. The number of methoxy groups -OCH3 is 1. The summed E-state index contributed by atoms with van der Waals surface area (Å²) in [6.45, 7) is 4.96. The van der Waals surface area contributed by atoms with Gasteiger partial charge < -0.3 is 14.5 Å². The van der Waals surface area contributed by atoms with Crippen molar-refractivity contribution in [1.82, 2.24) is 9.88 Å². The Balaban J connectivity index is 2.72. The largest absolute Gasteiger partial charge is 0.465 e. The van der Waals surface area contributed by atoms with E-state index in [2.05, 4.69) is 21.7 Å². The second kappa shape index (κ2) is 7.33. The molecule has 0 N–H and O–H groups in total. The van der Waals surface area contributed by atoms with Gasteiger partial charge in [0.2, 0.25) is 0 Å². The van der Waals surface area contributed by atoms with Gasteiger partial charge in [-0.25, -0.2) is 9.78 Å². The number of aromatic nitrogens is 1. The van der Waals surface area contributed by atoms with E-state index < -0.39 is 0 Å². The van der Waals surface area contributed by atoms with E-state index in [-0.39, 0.29) is 5.97 Å². The van der Waals surface area contributed by atoms with Crippen molar-refractivity contribution in [2.45, 2.75) is 13.3 Å². The number of anilines is 1. The highest BCUT2D eigenvalue weighted by molar-refractivity contribution is 7.17. The lowest BCUT2D eigenvalue weighted by molar-refractivity contribution is 0.0606. The summed E-state index contributed by atoms with van der Waals surface area (Å²) in [5, 5.41) is 0.888. The zero-order chi connectivity index (χ0) is 13.5. The van der Waals surface area contributed by atoms with E-state index in [0.29, 0.717) is 4.88 Å². The van der Waals surface area contributed by atoms with Crippen LogP contribution in [0.3, 0.4) is 0 Å². The molecule has 0 saturated carbocycles. The number of ether oxygens (including phenoxy) is 1. The molecule has 0 amide bonds. The molecule has 1 aromatic rings. The minimum atomic E-state index is -0.317. The van der Waals surface area contributed by atoms with Crippen LogP contribution in [0.2, 0.25) is 0 Å². The highest BCUT2D eigenvalue weighted by Gasteiger charge is 2.15. The molecule has 0 fully saturated rings. The van der Waals surface area contributed by atoms with Crippen molar-refractivity contribution in [2.75, 3.05) is 45.7 Å². The Morgan fingerprint density at radius 3 is 2.67 bits per heavy atom. The molecule has 0 aromatic carbocycles. The molecule has 0 radical (unpaired) electrons. The van der Waals surface area contributed by atoms with Gasteiger partial charge in [-0.1, -0.05) is 18.3 Å². The fourth-order valence-electron chi connectivity index (χ4n) is 1.50. The molecule has 0 aliphatic heterocycles. The summed E-state index contributed by atoms with van der Waals surface area (Å²) < 4.78 is 4.69. The third-order valence-corrected chi connectivity index (χ3v) is 3.50. The summed E-state index contributed by atoms with van der Waals surface area (Å²) in [6, 6.07) is 0. The van der Waals surface area contributed by atoms with Crippen LogP contribution in [-0.4, -0.2) is 56.7 Å². The van der Waals surface area contributed by atoms with Gasteiger partial charge in [-0.05, 0) is 20.5 Å². The van der Waals surface area contributed by atoms with Gasteiger partial charge in [-0.3, -0.25) is 0 Å². The Morgan fingerprint density at radius 2 is 2.11 bits per heavy atom. The van der Waals surface area contributed by atoms with Gasteiger partial charge in [0.25, 0.3) is 0 Å². The fraction of sp³-hybridized carbons (Fsp3) is 0.667. The molecule has 0 bridgehead atoms. The summed E-state index contributed by atoms with van der Waals surface area (Å²) in [5.74, 6) is -0.317. The van der Waals surface area contributed by atoms with Crippen LogP contribution in [0.15, 0.2) is 6.20 Å². The molecule has 0 saturated heterocycles. The topological polar surface area (TPSA) is 45.7 Å². The zero-order valence-electron chi connectivity index (χ0n) is 11.5. The first-order valence-electron chi connectivity index (χ1n) is 6.02. The lowest BCUT2D eigenvalue weighted by Gasteiger charge is -2.22. The van der Waals surface area contributed by atoms with Crippen LogP contribution in [0.1, 0.15) is 23.0 Å². The number of likely N-dealkylation sites (N-methyl/N-ethyl adjacent to an activating group) is 1. The Morgan fingerprint density at radius 1 is 1.39 bits per heavy atom. The minimum Gasteiger partial charge on any atom is -0.465 e. The molecule has 102 valence electrons. The molecule has 0 spiro atoms. The number of hydrogen-bond acceptors (Lipinski definition) is 6. The number of esters is 1. The van der Waals surface area contributed by atoms with E-state index >= 15 is 0 Å². The number of hydrogen-bond donors (Lipinski definition) is 0. The van der Waals surface area contributed by atoms with E-state index in [4.69, 9.17) is 4.74 Å². The van der Waals surface area contributed by atoms with E-state index in [9.17, 15) is 4.79 Å². The monoisotopic (exact) mass is 271 g/mol. The van der Waals surface area contributed by atoms with E-state index in [1.165, 1.54) is 18.4 Å². The highest BCUT2D eigenvalue weighted by atomic mass is 32.1. The maximum Gasteiger partial charge on any atom is 0.349 e. The number of carbonyl (C=O) groups excluding carboxylic acids is 1. The molecule has 1 aromatic heterocycles. The van der Waals surface area contributed by atoms with Gasteiger partial charge in [0.1, 0.15) is 4.88 Å². The van der Waals surface area contributed by atoms with E-state index in [0.717, 1.165) is 31.2 Å². The Hall–Kier alpha value is -1.14. The predicted molar refractivity (Wildman–Crippen MR) is 74.5 cm³/mol. The average Bonchev–Trinajstić information content (AvgIpc) is 2.82. The van der Waals surface area contributed by atoms with Crippen molar-refractivity contribution in [3.8, 4) is 0 Å². The van der Waals surface area contributed by atoms with Crippen molar-refractivity contribution in [3.05, 3.63) is 11.1 Å². The third-order valence-electron chi connectivity index (χ3n) is 2.46. The van der Waals surface area contributed by atoms with Crippen LogP contribution < -0.4 is 4.90 Å². The first kappa shape index (κ1) is 14.9. The van der Waals surface area contributed by atoms with Crippen molar-refractivity contribution in [2.24, 2.45) is 0 Å². The van der Waals surface area contributed by atoms with Crippen LogP contribution >= 0.6 is 11.3 Å². The van der Waals surface area contributed by atoms with Crippen LogP contribution in [-0.2, 0) is 4.74 Å². The quantitative estimate of drug-likeness (QED) is 0.706. The Kier molecular flexibility index (Phi) is 6.07. The SMILES string of the molecule is CCCN(CCN(C)C)c1ncc(C(=O)OC)s1. The molecule has 0 unspecified atom stereocenters. The lowest BCUT2D eigenvalue weighted by atomic mass is 10.4. The first-order chi connectivity index (χ1) is 8.58. The predicted octanol–water partition coefficient (Wildman–Crippen LogP) is 1.71. The van der Waals surface area contributed by atoms with Gasteiger partial charge in [0, 0.05) is 19.6 Å². The molecule has 0 aliphatic carbocycles. The Bertz CT molecular complexity index is 379. The van der Waals surface area contributed by atoms with Gasteiger partial charge >= 0.3 is 5.97 Å². The van der Waals surface area contributed by atoms with Crippen molar-refractivity contribution in [3.63, 3.8) is 0 Å². The number of carbonyl (C=O) groups is 1. The van der Waals surface area contributed by atoms with E-state index in [1.807, 2.05) is 14.1 Å². The maximum absolute atomic E-state index is 11.4. The molecule has 0 aliphatic rings. The molecule has 5 nitrogen and oxygen atoms in total. The summed E-state index contributed by atoms with van der Waals surface area (Å²) in [7, 11) is 5.48. The standard InChI is InChI=1S/C12H21N3O2S/c1-5-6-15(8-7-14(2)3)12-13-9-10(18-12)11(16)17-4/h9H,5-8H2,1-4H3. The summed E-state index contributed by atoms with van der Waals surface area (Å²) in [5.41, 5.74) is 0. The molecular formula is C12H21N3O2S. The summed E-state index contributed by atoms with van der Waals surface area (Å²) in [6.07, 6.45) is 2.64. The van der Waals surface area contributed by atoms with Crippen LogP contribution in [0.25, 0.3) is 0 Å². The molecule has 6 heteroatoms. The lowest BCUT2D eigenvalue weighted by Crippen LogP contribution is -2.32. The van der Waals surface area contributed by atoms with Crippen molar-refractivity contribution >= 4 is 22.4 Å². The maximum atomic E-state index is 11.4. The molecule has 18 heavy (non-hydrogen) atoms. The molecular weight excluding hydrogens is 250 g/mol. The van der Waals surface area contributed by atoms with Crippen molar-refractivity contribution < 1.29 is 9.53 Å². The summed E-state index contributed by atoms with van der Waals surface area (Å²) in [4.78, 5) is 20.6. The van der Waals surface area contributed by atoms with E-state index in [1.54, 1.807) is 6.20 Å². The van der Waals surface area contributed by atoms with Crippen LogP contribution in [0.5, 0.6) is 0 Å². The summed E-state index contributed by atoms with van der Waals surface area (Å²) >= 11 is 1.39. The Labute approximate surface area is 112 Å². The van der Waals surface area contributed by atoms with Gasteiger partial charge in [-0.15, -0.1) is 0 Å². The average molecular weight is 271 g/mol. The number of rotatable bonds is 7. The van der Waals surface area contributed by atoms with Gasteiger partial charge in [0.05, 0.1) is 13.3 Å². The zero-order valence-corrected chi connectivity index (χ0v) is 12.3. The van der Waals surface area contributed by atoms with Crippen LogP contribution in [0, 0.1) is 0 Å². The molecule has 0 atom stereocenters. The van der Waals surface area contributed by atoms with Gasteiger partial charge in [0.15, 0.2) is 5.13 Å². The molecule has 1 heterocycles. The van der Waals surface area contributed by atoms with Crippen molar-refractivity contribution in [1.29, 1.82) is 0 Å². The number of nitrogens with zero attached hydrogens (tertiary/aromatic N) is 3. The molecule has 1 rings (SSSR count). The first-order valence-corrected chi connectivity index (χ1v) is 6.84. The normalized spacial score (nSPS) is 10.7. The minimum absolute atomic E-state index is 0.317. The fourth-order valence-corrected chi connectivity index (χ4v) is 2.39. The van der Waals surface area contributed by atoms with Crippen LogP contribution in [0.4, 0.5) is 5.13 Å². The smallest absolute Gasteiger partial charge is 0.349 e.